The molecule has 46 heavy (non-hydrogen) atoms. The van der Waals surface area contributed by atoms with Crippen LogP contribution in [0.4, 0.5) is 43.8 Å². The highest BCUT2D eigenvalue weighted by Gasteiger charge is 2.38. The Morgan fingerprint density at radius 3 is 1.78 bits per heavy atom. The summed E-state index contributed by atoms with van der Waals surface area (Å²) >= 11 is 0. The number of hydrogen-bond donors (Lipinski definition) is 3. The van der Waals surface area contributed by atoms with Crippen LogP contribution in [0.1, 0.15) is 22.8 Å². The summed E-state index contributed by atoms with van der Waals surface area (Å²) in [6.07, 6.45) is -3.71. The third kappa shape index (κ3) is 9.83. The normalized spacial score (nSPS) is 13.2. The van der Waals surface area contributed by atoms with Gasteiger partial charge in [0.1, 0.15) is 5.82 Å². The second kappa shape index (κ2) is 15.1. The molecule has 11 nitrogen and oxygen atoms in total. The number of rotatable bonds is 5. The molecule has 1 saturated heterocycles. The molecule has 17 heteroatoms. The van der Waals surface area contributed by atoms with Crippen molar-refractivity contribution in [2.24, 2.45) is 0 Å². The molecule has 3 aromatic heterocycles. The molecule has 1 fully saturated rings. The van der Waals surface area contributed by atoms with E-state index in [1.165, 1.54) is 5.56 Å². The summed E-state index contributed by atoms with van der Waals surface area (Å²) in [6, 6.07) is 17.9. The number of nitrogens with one attached hydrogen (secondary N) is 1. The van der Waals surface area contributed by atoms with Crippen LogP contribution in [0.15, 0.2) is 73.2 Å². The number of carbonyl (C=O) groups excluding carboxylic acids is 1. The third-order valence-electron chi connectivity index (χ3n) is 6.44. The number of pyridine rings is 1. The lowest BCUT2D eigenvalue weighted by atomic mass is 10.1. The smallest absolute Gasteiger partial charge is 0.475 e. The molecule has 0 bridgehead atoms. The number of carbonyl (C=O) groups is 3. The number of aromatic nitrogens is 3. The van der Waals surface area contributed by atoms with Crippen LogP contribution in [0.5, 0.6) is 0 Å². The molecule has 0 saturated carbocycles. The van der Waals surface area contributed by atoms with E-state index in [-0.39, 0.29) is 5.91 Å². The van der Waals surface area contributed by atoms with Crippen molar-refractivity contribution in [3.05, 3.63) is 84.3 Å². The van der Waals surface area contributed by atoms with Gasteiger partial charge in [-0.2, -0.15) is 26.3 Å². The van der Waals surface area contributed by atoms with Crippen molar-refractivity contribution >= 4 is 40.8 Å². The monoisotopic (exact) mass is 654 g/mol. The van der Waals surface area contributed by atoms with Crippen LogP contribution in [0.2, 0.25) is 0 Å². The number of alkyl halides is 6. The summed E-state index contributed by atoms with van der Waals surface area (Å²) < 4.78 is 65.6. The Kier molecular flexibility index (Phi) is 11.5. The van der Waals surface area contributed by atoms with Gasteiger partial charge in [-0.15, -0.1) is 0 Å². The lowest BCUT2D eigenvalue weighted by Crippen LogP contribution is -2.47. The molecule has 1 aliphatic heterocycles. The fourth-order valence-corrected chi connectivity index (χ4v) is 4.10. The summed E-state index contributed by atoms with van der Waals surface area (Å²) in [5.74, 6) is -3.75. The average Bonchev–Trinajstić information content (AvgIpc) is 3.45. The summed E-state index contributed by atoms with van der Waals surface area (Å²) in [6.45, 7) is 5.55. The van der Waals surface area contributed by atoms with E-state index in [0.717, 1.165) is 55.6 Å². The molecule has 0 atom stereocenters. The number of nitrogens with zero attached hydrogens (tertiary/aromatic N) is 5. The van der Waals surface area contributed by atoms with Crippen LogP contribution in [-0.2, 0) is 16.0 Å². The molecule has 4 heterocycles. The Hall–Kier alpha value is -5.35. The van der Waals surface area contributed by atoms with E-state index < -0.39 is 24.3 Å². The minimum absolute atomic E-state index is 0.109. The summed E-state index contributed by atoms with van der Waals surface area (Å²) in [5.41, 5.74) is 3.75. The molecule has 4 aromatic rings. The highest BCUT2D eigenvalue weighted by atomic mass is 19.4. The van der Waals surface area contributed by atoms with Gasteiger partial charge in [-0.1, -0.05) is 19.1 Å². The van der Waals surface area contributed by atoms with Gasteiger partial charge in [0.2, 0.25) is 5.95 Å². The van der Waals surface area contributed by atoms with Gasteiger partial charge in [-0.3, -0.25) is 4.79 Å². The number of hydrogen-bond acceptors (Lipinski definition) is 7. The predicted octanol–water partition coefficient (Wildman–Crippen LogP) is 5.14. The van der Waals surface area contributed by atoms with Crippen molar-refractivity contribution < 1.29 is 50.9 Å². The Morgan fingerprint density at radius 1 is 0.783 bits per heavy atom. The van der Waals surface area contributed by atoms with Crippen LogP contribution in [0.3, 0.4) is 0 Å². The van der Waals surface area contributed by atoms with Gasteiger partial charge in [0.25, 0.3) is 5.91 Å². The summed E-state index contributed by atoms with van der Waals surface area (Å²) in [7, 11) is 0. The van der Waals surface area contributed by atoms with Gasteiger partial charge in [0, 0.05) is 56.0 Å². The van der Waals surface area contributed by atoms with E-state index in [1.54, 1.807) is 12.4 Å². The topological polar surface area (TPSA) is 140 Å². The van der Waals surface area contributed by atoms with E-state index in [0.29, 0.717) is 5.56 Å². The number of halogens is 6. The third-order valence-corrected chi connectivity index (χ3v) is 6.44. The zero-order chi connectivity index (χ0) is 34.1. The average molecular weight is 655 g/mol. The number of aryl methyl sites for hydroxylation is 1. The van der Waals surface area contributed by atoms with Crippen LogP contribution in [-0.4, -0.2) is 81.0 Å². The maximum Gasteiger partial charge on any atom is 0.490 e. The molecule has 1 amide bonds. The number of anilines is 3. The molecule has 5 rings (SSSR count). The van der Waals surface area contributed by atoms with Crippen LogP contribution in [0, 0.1) is 0 Å². The zero-order valence-electron chi connectivity index (χ0n) is 24.1. The van der Waals surface area contributed by atoms with Gasteiger partial charge in [-0.05, 0) is 54.4 Å². The summed E-state index contributed by atoms with van der Waals surface area (Å²) in [4.78, 5) is 43.9. The SMILES string of the molecule is CCc1ccc(NC(=O)c2ccc3ccc(N4CCN(c5ncccn5)CC4)n3c2)cc1.O=C(O)C(F)(F)F.O=C(O)C(F)(F)F. The first-order valence-corrected chi connectivity index (χ1v) is 13.5. The molecule has 0 radical (unpaired) electrons. The molecule has 1 aliphatic rings. The standard InChI is InChI=1S/C25H26N6O.2C2HF3O2/c1-2-19-4-7-21(8-5-19)28-24(32)20-6-9-22-10-11-23(31(22)18-20)29-14-16-30(17-15-29)25-26-12-3-13-27-25;2*3-2(4,5)1(6)7/h3-13,18H,2,14-17H2,1H3,(H,28,32);2*(H,6,7). The molecular formula is C29H28F6N6O5. The number of amides is 1. The van der Waals surface area contributed by atoms with Crippen LogP contribution >= 0.6 is 0 Å². The molecule has 0 aliphatic carbocycles. The van der Waals surface area contributed by atoms with Crippen molar-refractivity contribution in [1.82, 2.24) is 14.4 Å². The van der Waals surface area contributed by atoms with Crippen molar-refractivity contribution in [2.75, 3.05) is 41.3 Å². The van der Waals surface area contributed by atoms with Gasteiger partial charge < -0.3 is 29.7 Å². The lowest BCUT2D eigenvalue weighted by molar-refractivity contribution is -0.193. The molecular weight excluding hydrogens is 626 g/mol. The van der Waals surface area contributed by atoms with Gasteiger partial charge >= 0.3 is 24.3 Å². The number of piperazine rings is 1. The number of fused-ring (bicyclic) bond motifs is 1. The highest BCUT2D eigenvalue weighted by molar-refractivity contribution is 6.04. The zero-order valence-corrected chi connectivity index (χ0v) is 24.1. The fourth-order valence-electron chi connectivity index (χ4n) is 4.10. The minimum Gasteiger partial charge on any atom is -0.475 e. The fraction of sp³-hybridized carbons (Fsp3) is 0.276. The van der Waals surface area contributed by atoms with Crippen molar-refractivity contribution in [2.45, 2.75) is 25.7 Å². The number of aliphatic carboxylic acids is 2. The molecule has 1 aromatic carbocycles. The van der Waals surface area contributed by atoms with Gasteiger partial charge in [-0.25, -0.2) is 19.6 Å². The Bertz CT molecular complexity index is 1600. The predicted molar refractivity (Wildman–Crippen MR) is 155 cm³/mol. The first-order valence-electron chi connectivity index (χ1n) is 13.5. The van der Waals surface area contributed by atoms with Crippen LogP contribution < -0.4 is 15.1 Å². The number of carboxylic acid groups (broad SMARTS) is 2. The van der Waals surface area contributed by atoms with E-state index >= 15 is 0 Å². The van der Waals surface area contributed by atoms with Crippen molar-refractivity contribution in [1.29, 1.82) is 0 Å². The molecule has 0 spiro atoms. The van der Waals surface area contributed by atoms with E-state index in [4.69, 9.17) is 19.8 Å². The van der Waals surface area contributed by atoms with Crippen molar-refractivity contribution in [3.63, 3.8) is 0 Å². The van der Waals surface area contributed by atoms with Crippen molar-refractivity contribution in [3.8, 4) is 0 Å². The second-order valence-corrected chi connectivity index (χ2v) is 9.54. The Labute approximate surface area is 257 Å². The van der Waals surface area contributed by atoms with Gasteiger partial charge in [0.05, 0.1) is 5.56 Å². The molecule has 246 valence electrons. The largest absolute Gasteiger partial charge is 0.490 e. The second-order valence-electron chi connectivity index (χ2n) is 9.54. The Balaban J connectivity index is 0.000000345. The number of benzene rings is 1. The van der Waals surface area contributed by atoms with E-state index in [9.17, 15) is 31.1 Å². The lowest BCUT2D eigenvalue weighted by Gasteiger charge is -2.35. The minimum atomic E-state index is -5.08. The van der Waals surface area contributed by atoms with Gasteiger partial charge in [0.15, 0.2) is 0 Å². The van der Waals surface area contributed by atoms with E-state index in [1.807, 2.05) is 48.7 Å². The quantitative estimate of drug-likeness (QED) is 0.250. The molecule has 0 unspecified atom stereocenters. The van der Waals surface area contributed by atoms with E-state index in [2.05, 4.69) is 48.5 Å². The number of carboxylic acids is 2. The van der Waals surface area contributed by atoms with Crippen LogP contribution in [0.25, 0.3) is 5.52 Å². The summed E-state index contributed by atoms with van der Waals surface area (Å²) in [5, 5.41) is 17.3. The highest BCUT2D eigenvalue weighted by Crippen LogP contribution is 2.23. The first kappa shape index (κ1) is 35.1. The first-order chi connectivity index (χ1) is 21.6. The molecule has 3 N–H and O–H groups in total. The maximum atomic E-state index is 12.9. The Morgan fingerprint density at radius 2 is 1.28 bits per heavy atom. The maximum absolute atomic E-state index is 12.9.